The summed E-state index contributed by atoms with van der Waals surface area (Å²) < 4.78 is 26.3. The molecule has 2 rings (SSSR count). The lowest BCUT2D eigenvalue weighted by Gasteiger charge is -2.05. The van der Waals surface area contributed by atoms with E-state index < -0.39 is 11.6 Å². The van der Waals surface area contributed by atoms with Crippen molar-refractivity contribution in [2.45, 2.75) is 12.8 Å². The number of pyridine rings is 1. The lowest BCUT2D eigenvalue weighted by Crippen LogP contribution is -2.00. The molecule has 1 aromatic carbocycles. The Morgan fingerprint density at radius 1 is 1.06 bits per heavy atom. The monoisotopic (exact) mass is 234 g/mol. The second-order valence-electron chi connectivity index (χ2n) is 3.81. The van der Waals surface area contributed by atoms with Gasteiger partial charge in [-0.05, 0) is 48.2 Å². The van der Waals surface area contributed by atoms with E-state index in [4.69, 9.17) is 5.73 Å². The minimum Gasteiger partial charge on any atom is -0.398 e. The summed E-state index contributed by atoms with van der Waals surface area (Å²) in [6.45, 7) is 0. The van der Waals surface area contributed by atoms with Gasteiger partial charge in [-0.25, -0.2) is 8.78 Å². The van der Waals surface area contributed by atoms with E-state index in [1.54, 1.807) is 18.5 Å². The van der Waals surface area contributed by atoms with E-state index in [2.05, 4.69) is 4.98 Å². The standard InChI is InChI=1S/C13H12F2N2/c14-11-3-4-12(15)9(7-11)1-2-10-8-17-6-5-13(10)16/h3-8H,1-2H2,(H2,16,17). The average molecular weight is 234 g/mol. The molecular formula is C13H12F2N2. The van der Waals surface area contributed by atoms with Crippen LogP contribution in [0.5, 0.6) is 0 Å². The van der Waals surface area contributed by atoms with Crippen molar-refractivity contribution in [2.75, 3.05) is 5.73 Å². The zero-order chi connectivity index (χ0) is 12.3. The fourth-order valence-corrected chi connectivity index (χ4v) is 1.65. The molecule has 0 aliphatic rings. The van der Waals surface area contributed by atoms with Crippen molar-refractivity contribution in [1.29, 1.82) is 0 Å². The maximum atomic E-state index is 13.4. The number of aromatic nitrogens is 1. The zero-order valence-electron chi connectivity index (χ0n) is 9.16. The highest BCUT2D eigenvalue weighted by molar-refractivity contribution is 5.44. The molecule has 0 aliphatic carbocycles. The molecule has 1 heterocycles. The predicted octanol–water partition coefficient (Wildman–Crippen LogP) is 2.73. The fourth-order valence-electron chi connectivity index (χ4n) is 1.65. The third-order valence-electron chi connectivity index (χ3n) is 2.61. The molecule has 2 nitrogen and oxygen atoms in total. The van der Waals surface area contributed by atoms with Crippen LogP contribution in [-0.4, -0.2) is 4.98 Å². The van der Waals surface area contributed by atoms with Crippen molar-refractivity contribution in [3.05, 3.63) is 59.4 Å². The second-order valence-corrected chi connectivity index (χ2v) is 3.81. The van der Waals surface area contributed by atoms with Gasteiger partial charge < -0.3 is 5.73 Å². The normalized spacial score (nSPS) is 10.5. The van der Waals surface area contributed by atoms with Gasteiger partial charge in [0.05, 0.1) is 0 Å². The van der Waals surface area contributed by atoms with Gasteiger partial charge in [-0.2, -0.15) is 0 Å². The largest absolute Gasteiger partial charge is 0.398 e. The van der Waals surface area contributed by atoms with E-state index in [0.717, 1.165) is 17.7 Å². The highest BCUT2D eigenvalue weighted by Gasteiger charge is 2.05. The van der Waals surface area contributed by atoms with Crippen LogP contribution in [0, 0.1) is 11.6 Å². The van der Waals surface area contributed by atoms with Gasteiger partial charge in [0.15, 0.2) is 0 Å². The Labute approximate surface area is 98.1 Å². The predicted molar refractivity (Wildman–Crippen MR) is 62.4 cm³/mol. The molecule has 0 aliphatic heterocycles. The van der Waals surface area contributed by atoms with Gasteiger partial charge in [-0.1, -0.05) is 0 Å². The Morgan fingerprint density at radius 3 is 2.59 bits per heavy atom. The Hall–Kier alpha value is -1.97. The molecule has 4 heteroatoms. The quantitative estimate of drug-likeness (QED) is 0.886. The molecule has 0 saturated heterocycles. The first-order valence-corrected chi connectivity index (χ1v) is 5.29. The van der Waals surface area contributed by atoms with Crippen LogP contribution in [0.3, 0.4) is 0 Å². The molecular weight excluding hydrogens is 222 g/mol. The zero-order valence-corrected chi connectivity index (χ0v) is 9.16. The van der Waals surface area contributed by atoms with Crippen LogP contribution in [-0.2, 0) is 12.8 Å². The number of benzene rings is 1. The summed E-state index contributed by atoms with van der Waals surface area (Å²) in [6.07, 6.45) is 4.19. The molecule has 0 fully saturated rings. The van der Waals surface area contributed by atoms with Crippen LogP contribution < -0.4 is 5.73 Å². The van der Waals surface area contributed by atoms with Gasteiger partial charge in [-0.15, -0.1) is 0 Å². The summed E-state index contributed by atoms with van der Waals surface area (Å²) in [6, 6.07) is 5.15. The molecule has 0 atom stereocenters. The lowest BCUT2D eigenvalue weighted by molar-refractivity contribution is 0.584. The summed E-state index contributed by atoms with van der Waals surface area (Å²) in [5.74, 6) is -0.825. The Balaban J connectivity index is 2.12. The number of hydrogen-bond donors (Lipinski definition) is 1. The number of rotatable bonds is 3. The molecule has 88 valence electrons. The maximum absolute atomic E-state index is 13.4. The SMILES string of the molecule is Nc1ccncc1CCc1cc(F)ccc1F. The van der Waals surface area contributed by atoms with Crippen LogP contribution in [0.2, 0.25) is 0 Å². The van der Waals surface area contributed by atoms with Crippen molar-refractivity contribution in [3.63, 3.8) is 0 Å². The number of anilines is 1. The Bertz CT molecular complexity index is 527. The number of nitrogens with two attached hydrogens (primary N) is 1. The minimum absolute atomic E-state index is 0.355. The lowest BCUT2D eigenvalue weighted by atomic mass is 10.0. The van der Waals surface area contributed by atoms with Gasteiger partial charge in [0.2, 0.25) is 0 Å². The van der Waals surface area contributed by atoms with Gasteiger partial charge in [0, 0.05) is 18.1 Å². The topological polar surface area (TPSA) is 38.9 Å². The number of halogens is 2. The molecule has 2 aromatic rings. The van der Waals surface area contributed by atoms with Crippen LogP contribution in [0.25, 0.3) is 0 Å². The summed E-state index contributed by atoms with van der Waals surface area (Å²) >= 11 is 0. The van der Waals surface area contributed by atoms with E-state index in [-0.39, 0.29) is 0 Å². The Kier molecular flexibility index (Phi) is 3.32. The van der Waals surface area contributed by atoms with E-state index in [1.807, 2.05) is 0 Å². The molecule has 2 N–H and O–H groups in total. The van der Waals surface area contributed by atoms with Gasteiger partial charge in [0.1, 0.15) is 11.6 Å². The summed E-state index contributed by atoms with van der Waals surface area (Å²) in [5, 5.41) is 0. The van der Waals surface area contributed by atoms with E-state index in [9.17, 15) is 8.78 Å². The molecule has 0 saturated carbocycles. The molecule has 0 amide bonds. The van der Waals surface area contributed by atoms with Crippen LogP contribution in [0.15, 0.2) is 36.7 Å². The number of nitrogens with zero attached hydrogens (tertiary/aromatic N) is 1. The van der Waals surface area contributed by atoms with E-state index in [0.29, 0.717) is 24.1 Å². The van der Waals surface area contributed by atoms with Gasteiger partial charge >= 0.3 is 0 Å². The molecule has 17 heavy (non-hydrogen) atoms. The first-order chi connectivity index (χ1) is 8.16. The summed E-state index contributed by atoms with van der Waals surface area (Å²) in [7, 11) is 0. The van der Waals surface area contributed by atoms with Crippen molar-refractivity contribution in [3.8, 4) is 0 Å². The number of nitrogen functional groups attached to an aromatic ring is 1. The fraction of sp³-hybridized carbons (Fsp3) is 0.154. The third kappa shape index (κ3) is 2.78. The smallest absolute Gasteiger partial charge is 0.126 e. The average Bonchev–Trinajstić information content (AvgIpc) is 2.32. The van der Waals surface area contributed by atoms with Gasteiger partial charge in [-0.3, -0.25) is 4.98 Å². The first-order valence-electron chi connectivity index (χ1n) is 5.29. The third-order valence-corrected chi connectivity index (χ3v) is 2.61. The maximum Gasteiger partial charge on any atom is 0.126 e. The number of aryl methyl sites for hydroxylation is 2. The van der Waals surface area contributed by atoms with Crippen molar-refractivity contribution >= 4 is 5.69 Å². The minimum atomic E-state index is -0.430. The second kappa shape index (κ2) is 4.91. The first kappa shape index (κ1) is 11.5. The molecule has 0 spiro atoms. The molecule has 0 bridgehead atoms. The van der Waals surface area contributed by atoms with E-state index >= 15 is 0 Å². The van der Waals surface area contributed by atoms with Gasteiger partial charge in [0.25, 0.3) is 0 Å². The highest BCUT2D eigenvalue weighted by atomic mass is 19.1. The summed E-state index contributed by atoms with van der Waals surface area (Å²) in [5.41, 5.74) is 7.57. The molecule has 1 aromatic heterocycles. The highest BCUT2D eigenvalue weighted by Crippen LogP contribution is 2.15. The molecule has 0 radical (unpaired) electrons. The van der Waals surface area contributed by atoms with Crippen LogP contribution in [0.1, 0.15) is 11.1 Å². The van der Waals surface area contributed by atoms with Crippen molar-refractivity contribution < 1.29 is 8.78 Å². The van der Waals surface area contributed by atoms with Crippen LogP contribution in [0.4, 0.5) is 14.5 Å². The van der Waals surface area contributed by atoms with Crippen molar-refractivity contribution in [1.82, 2.24) is 4.98 Å². The van der Waals surface area contributed by atoms with Crippen molar-refractivity contribution in [2.24, 2.45) is 0 Å². The summed E-state index contributed by atoms with van der Waals surface area (Å²) in [4.78, 5) is 3.95. The Morgan fingerprint density at radius 2 is 1.82 bits per heavy atom. The van der Waals surface area contributed by atoms with E-state index in [1.165, 1.54) is 6.07 Å². The number of hydrogen-bond acceptors (Lipinski definition) is 2. The molecule has 0 unspecified atom stereocenters. The van der Waals surface area contributed by atoms with Crippen LogP contribution >= 0.6 is 0 Å².